The quantitative estimate of drug-likeness (QED) is 0.598. The number of nitrogens with one attached hydrogen (secondary N) is 1. The van der Waals surface area contributed by atoms with E-state index in [1.165, 1.54) is 5.56 Å². The summed E-state index contributed by atoms with van der Waals surface area (Å²) in [7, 11) is 0. The molecule has 0 aliphatic carbocycles. The molecule has 2 aliphatic heterocycles. The average molecular weight is 463 g/mol. The molecule has 2 aromatic heterocycles. The number of pyridine rings is 1. The number of nitrogens with zero attached hydrogens (tertiary/aromatic N) is 5. The predicted molar refractivity (Wildman–Crippen MR) is 131 cm³/mol. The highest BCUT2D eigenvalue weighted by Gasteiger charge is 2.33. The van der Waals surface area contributed by atoms with Crippen molar-refractivity contribution in [1.82, 2.24) is 15.0 Å². The molecule has 0 bridgehead atoms. The Kier molecular flexibility index (Phi) is 5.44. The van der Waals surface area contributed by atoms with Gasteiger partial charge in [-0.05, 0) is 48.1 Å². The van der Waals surface area contributed by atoms with E-state index in [1.807, 2.05) is 17.0 Å². The standard InChI is InChI=1S/C25H27ClN6O/c1-16(33)32-12-9-25(2,3)19-7-6-17(13-22(19)32)30-23-18-8-11-31(14-21(18)28-15-29-23)24-20(26)5-4-10-27-24/h4-7,10,13,15H,8-9,11-12,14H2,1-3H3,(H,28,29,30). The Hall–Kier alpha value is -3.19. The minimum absolute atomic E-state index is 0.0318. The van der Waals surface area contributed by atoms with Crippen molar-refractivity contribution in [3.05, 3.63) is 64.7 Å². The summed E-state index contributed by atoms with van der Waals surface area (Å²) in [6.45, 7) is 8.23. The molecule has 0 spiro atoms. The lowest BCUT2D eigenvalue weighted by atomic mass is 9.77. The fourth-order valence-electron chi connectivity index (χ4n) is 4.77. The molecule has 0 radical (unpaired) electrons. The van der Waals surface area contributed by atoms with Gasteiger partial charge in [-0.2, -0.15) is 0 Å². The highest BCUT2D eigenvalue weighted by atomic mass is 35.5. The first-order chi connectivity index (χ1) is 15.8. The summed E-state index contributed by atoms with van der Waals surface area (Å²) < 4.78 is 0. The second-order valence-electron chi connectivity index (χ2n) is 9.29. The van der Waals surface area contributed by atoms with Crippen LogP contribution in [0.15, 0.2) is 42.9 Å². The molecule has 8 heteroatoms. The zero-order valence-electron chi connectivity index (χ0n) is 19.1. The normalized spacial score (nSPS) is 16.7. The third kappa shape index (κ3) is 4.02. The van der Waals surface area contributed by atoms with E-state index in [9.17, 15) is 4.79 Å². The maximum absolute atomic E-state index is 12.3. The van der Waals surface area contributed by atoms with Gasteiger partial charge in [0.05, 0.1) is 17.3 Å². The summed E-state index contributed by atoms with van der Waals surface area (Å²) in [5.41, 5.74) is 5.18. The molecule has 33 heavy (non-hydrogen) atoms. The summed E-state index contributed by atoms with van der Waals surface area (Å²) in [4.78, 5) is 29.8. The van der Waals surface area contributed by atoms with Gasteiger partial charge < -0.3 is 15.1 Å². The van der Waals surface area contributed by atoms with Crippen LogP contribution in [0.4, 0.5) is 23.0 Å². The minimum Gasteiger partial charge on any atom is -0.349 e. The van der Waals surface area contributed by atoms with E-state index in [0.717, 1.165) is 60.2 Å². The molecule has 0 atom stereocenters. The number of carbonyl (C=O) groups excluding carboxylic acids is 1. The number of aromatic nitrogens is 3. The molecule has 7 nitrogen and oxygen atoms in total. The largest absolute Gasteiger partial charge is 0.349 e. The van der Waals surface area contributed by atoms with Crippen molar-refractivity contribution in [2.45, 2.75) is 45.6 Å². The number of halogens is 1. The first-order valence-corrected chi connectivity index (χ1v) is 11.6. The van der Waals surface area contributed by atoms with E-state index in [2.05, 4.69) is 57.2 Å². The van der Waals surface area contributed by atoms with Crippen LogP contribution in [0.3, 0.4) is 0 Å². The third-order valence-corrected chi connectivity index (χ3v) is 6.96. The maximum atomic E-state index is 12.3. The van der Waals surface area contributed by atoms with Crippen molar-refractivity contribution < 1.29 is 4.79 Å². The van der Waals surface area contributed by atoms with Gasteiger partial charge in [0.1, 0.15) is 18.0 Å². The van der Waals surface area contributed by atoms with Gasteiger partial charge in [0.15, 0.2) is 0 Å². The number of hydrogen-bond acceptors (Lipinski definition) is 6. The van der Waals surface area contributed by atoms with Crippen LogP contribution < -0.4 is 15.1 Å². The van der Waals surface area contributed by atoms with Crippen LogP contribution in [0, 0.1) is 0 Å². The number of anilines is 4. The minimum atomic E-state index is 0.0318. The van der Waals surface area contributed by atoms with Gasteiger partial charge >= 0.3 is 0 Å². The molecule has 5 rings (SSSR count). The molecule has 2 aliphatic rings. The van der Waals surface area contributed by atoms with Crippen molar-refractivity contribution in [1.29, 1.82) is 0 Å². The smallest absolute Gasteiger partial charge is 0.223 e. The molecule has 1 N–H and O–H groups in total. The van der Waals surface area contributed by atoms with Crippen LogP contribution in [-0.2, 0) is 23.2 Å². The van der Waals surface area contributed by atoms with Crippen molar-refractivity contribution in [2.24, 2.45) is 0 Å². The lowest BCUT2D eigenvalue weighted by Crippen LogP contribution is -2.39. The van der Waals surface area contributed by atoms with Crippen LogP contribution in [0.5, 0.6) is 0 Å². The van der Waals surface area contributed by atoms with Gasteiger partial charge in [-0.25, -0.2) is 15.0 Å². The molecule has 0 fully saturated rings. The Morgan fingerprint density at radius 1 is 1.15 bits per heavy atom. The van der Waals surface area contributed by atoms with Crippen LogP contribution >= 0.6 is 11.6 Å². The van der Waals surface area contributed by atoms with Gasteiger partial charge in [-0.15, -0.1) is 0 Å². The number of carbonyl (C=O) groups is 1. The summed E-state index contributed by atoms with van der Waals surface area (Å²) in [5.74, 6) is 1.65. The zero-order valence-corrected chi connectivity index (χ0v) is 19.9. The summed E-state index contributed by atoms with van der Waals surface area (Å²) in [5, 5.41) is 4.12. The Balaban J connectivity index is 1.44. The summed E-state index contributed by atoms with van der Waals surface area (Å²) >= 11 is 6.36. The highest BCUT2D eigenvalue weighted by molar-refractivity contribution is 6.32. The molecular weight excluding hydrogens is 436 g/mol. The molecule has 1 aromatic carbocycles. The summed E-state index contributed by atoms with van der Waals surface area (Å²) in [6, 6.07) is 9.95. The van der Waals surface area contributed by atoms with Gasteiger partial charge in [0, 0.05) is 43.1 Å². The van der Waals surface area contributed by atoms with Crippen molar-refractivity contribution in [2.75, 3.05) is 28.2 Å². The summed E-state index contributed by atoms with van der Waals surface area (Å²) in [6.07, 6.45) is 5.07. The van der Waals surface area contributed by atoms with Gasteiger partial charge in [0.2, 0.25) is 5.91 Å². The van der Waals surface area contributed by atoms with Crippen LogP contribution in [0.2, 0.25) is 5.02 Å². The first-order valence-electron chi connectivity index (χ1n) is 11.2. The molecule has 0 unspecified atom stereocenters. The van der Waals surface area contributed by atoms with E-state index in [0.29, 0.717) is 11.6 Å². The lowest BCUT2D eigenvalue weighted by Gasteiger charge is -2.39. The Bertz CT molecular complexity index is 1230. The van der Waals surface area contributed by atoms with Crippen molar-refractivity contribution in [3.63, 3.8) is 0 Å². The number of fused-ring (bicyclic) bond motifs is 2. The first kappa shape index (κ1) is 21.6. The SMILES string of the molecule is CC(=O)N1CCC(C)(C)c2ccc(Nc3ncnc4c3CCN(c3ncccc3Cl)C4)cc21. The molecular formula is C25H27ClN6O. The van der Waals surface area contributed by atoms with Crippen LogP contribution in [0.1, 0.15) is 44.0 Å². The fraction of sp³-hybridized carbons (Fsp3) is 0.360. The molecule has 0 saturated heterocycles. The van der Waals surface area contributed by atoms with Crippen molar-refractivity contribution in [3.8, 4) is 0 Å². The molecule has 1 amide bonds. The number of amides is 1. The second-order valence-corrected chi connectivity index (χ2v) is 9.70. The van der Waals surface area contributed by atoms with Gasteiger partial charge in [0.25, 0.3) is 0 Å². The number of benzene rings is 1. The highest BCUT2D eigenvalue weighted by Crippen LogP contribution is 2.41. The zero-order chi connectivity index (χ0) is 23.2. The van der Waals surface area contributed by atoms with E-state index in [-0.39, 0.29) is 11.3 Å². The maximum Gasteiger partial charge on any atom is 0.223 e. The van der Waals surface area contributed by atoms with Gasteiger partial charge in [-0.1, -0.05) is 31.5 Å². The third-order valence-electron chi connectivity index (χ3n) is 6.67. The van der Waals surface area contributed by atoms with E-state index >= 15 is 0 Å². The predicted octanol–water partition coefficient (Wildman–Crippen LogP) is 4.87. The number of hydrogen-bond donors (Lipinski definition) is 1. The molecule has 3 aromatic rings. The monoisotopic (exact) mass is 462 g/mol. The Labute approximate surface area is 198 Å². The van der Waals surface area contributed by atoms with Gasteiger partial charge in [-0.3, -0.25) is 4.79 Å². The average Bonchev–Trinajstić information content (AvgIpc) is 2.79. The fourth-order valence-corrected chi connectivity index (χ4v) is 5.01. The molecule has 4 heterocycles. The van der Waals surface area contributed by atoms with Crippen LogP contribution in [-0.4, -0.2) is 33.9 Å². The van der Waals surface area contributed by atoms with E-state index < -0.39 is 0 Å². The Morgan fingerprint density at radius 2 is 2.00 bits per heavy atom. The topological polar surface area (TPSA) is 74.2 Å². The lowest BCUT2D eigenvalue weighted by molar-refractivity contribution is -0.116. The Morgan fingerprint density at radius 3 is 2.79 bits per heavy atom. The molecule has 0 saturated carbocycles. The molecule has 170 valence electrons. The van der Waals surface area contributed by atoms with E-state index in [1.54, 1.807) is 19.4 Å². The van der Waals surface area contributed by atoms with Crippen molar-refractivity contribution >= 4 is 40.5 Å². The van der Waals surface area contributed by atoms with Crippen LogP contribution in [0.25, 0.3) is 0 Å². The second kappa shape index (κ2) is 8.30. The van der Waals surface area contributed by atoms with E-state index in [4.69, 9.17) is 11.6 Å². The number of rotatable bonds is 3.